The molecule has 1 N–H and O–H groups in total. The van der Waals surface area contributed by atoms with Crippen molar-refractivity contribution in [2.75, 3.05) is 6.61 Å². The standard InChI is InChI=1S/C12H23ClO2Si/c1-9-7-10(16(2,3)4)5-6-11(13)12(8-14)15-9/h5,9,11-12,14H,6-8H2,1-4H3/t9-,11-,12-/m0/s1. The van der Waals surface area contributed by atoms with E-state index in [1.54, 1.807) is 0 Å². The lowest BCUT2D eigenvalue weighted by Crippen LogP contribution is -2.36. The Labute approximate surface area is 105 Å². The van der Waals surface area contributed by atoms with Crippen molar-refractivity contribution in [2.45, 2.75) is 57.0 Å². The molecule has 0 unspecified atom stereocenters. The Bertz CT molecular complexity index is 260. The number of aliphatic hydroxyl groups excluding tert-OH is 1. The van der Waals surface area contributed by atoms with Crippen LogP contribution >= 0.6 is 11.6 Å². The van der Waals surface area contributed by atoms with Crippen LogP contribution in [0.4, 0.5) is 0 Å². The van der Waals surface area contributed by atoms with Crippen LogP contribution in [0.15, 0.2) is 11.3 Å². The van der Waals surface area contributed by atoms with Crippen LogP contribution < -0.4 is 0 Å². The molecule has 0 radical (unpaired) electrons. The Balaban J connectivity index is 2.82. The smallest absolute Gasteiger partial charge is 0.0975 e. The molecule has 0 fully saturated rings. The summed E-state index contributed by atoms with van der Waals surface area (Å²) >= 11 is 6.23. The quantitative estimate of drug-likeness (QED) is 0.613. The van der Waals surface area contributed by atoms with E-state index >= 15 is 0 Å². The normalized spacial score (nSPS) is 32.9. The summed E-state index contributed by atoms with van der Waals surface area (Å²) in [5, 5.41) is 10.6. The van der Waals surface area contributed by atoms with Crippen LogP contribution in [0.5, 0.6) is 0 Å². The summed E-state index contributed by atoms with van der Waals surface area (Å²) in [5.74, 6) is 0. The first-order valence-corrected chi connectivity index (χ1v) is 9.88. The molecule has 0 spiro atoms. The summed E-state index contributed by atoms with van der Waals surface area (Å²) in [6, 6.07) is 0. The van der Waals surface area contributed by atoms with E-state index in [1.165, 1.54) is 5.20 Å². The molecule has 0 aromatic rings. The van der Waals surface area contributed by atoms with Crippen molar-refractivity contribution in [2.24, 2.45) is 0 Å². The summed E-state index contributed by atoms with van der Waals surface area (Å²) in [4.78, 5) is 0. The molecule has 0 saturated heterocycles. The molecule has 1 aliphatic rings. The van der Waals surface area contributed by atoms with E-state index in [2.05, 4.69) is 32.6 Å². The summed E-state index contributed by atoms with van der Waals surface area (Å²) in [5.41, 5.74) is 0. The molecular formula is C12H23ClO2Si. The van der Waals surface area contributed by atoms with Crippen molar-refractivity contribution in [3.05, 3.63) is 11.3 Å². The molecule has 0 bridgehead atoms. The second-order valence-corrected chi connectivity index (χ2v) is 11.3. The third-order valence-corrected chi connectivity index (χ3v) is 5.84. The first kappa shape index (κ1) is 14.2. The number of halogens is 1. The van der Waals surface area contributed by atoms with Crippen LogP contribution in [0.25, 0.3) is 0 Å². The highest BCUT2D eigenvalue weighted by Crippen LogP contribution is 2.27. The van der Waals surface area contributed by atoms with Crippen molar-refractivity contribution >= 4 is 19.7 Å². The summed E-state index contributed by atoms with van der Waals surface area (Å²) in [6.45, 7) is 9.11. The van der Waals surface area contributed by atoms with Crippen LogP contribution in [0.3, 0.4) is 0 Å². The van der Waals surface area contributed by atoms with Gasteiger partial charge in [-0.2, -0.15) is 0 Å². The van der Waals surface area contributed by atoms with Gasteiger partial charge in [0, 0.05) is 0 Å². The average Bonchev–Trinajstić information content (AvgIpc) is 2.16. The zero-order chi connectivity index (χ0) is 12.3. The molecule has 2 nitrogen and oxygen atoms in total. The molecule has 1 heterocycles. The van der Waals surface area contributed by atoms with E-state index in [1.807, 2.05) is 0 Å². The maximum absolute atomic E-state index is 9.20. The maximum atomic E-state index is 9.20. The van der Waals surface area contributed by atoms with Gasteiger partial charge in [0.1, 0.15) is 0 Å². The molecule has 1 rings (SSSR count). The molecule has 0 amide bonds. The van der Waals surface area contributed by atoms with E-state index in [0.717, 1.165) is 12.8 Å². The van der Waals surface area contributed by atoms with Gasteiger partial charge < -0.3 is 9.84 Å². The minimum atomic E-state index is -1.25. The fourth-order valence-corrected chi connectivity index (χ4v) is 3.86. The second kappa shape index (κ2) is 5.67. The first-order chi connectivity index (χ1) is 7.34. The topological polar surface area (TPSA) is 29.5 Å². The lowest BCUT2D eigenvalue weighted by Gasteiger charge is -2.31. The third kappa shape index (κ3) is 3.88. The predicted molar refractivity (Wildman–Crippen MR) is 71.7 cm³/mol. The van der Waals surface area contributed by atoms with Crippen molar-refractivity contribution in [3.63, 3.8) is 0 Å². The maximum Gasteiger partial charge on any atom is 0.0975 e. The number of alkyl halides is 1. The predicted octanol–water partition coefficient (Wildman–Crippen LogP) is 2.96. The van der Waals surface area contributed by atoms with E-state index in [0.29, 0.717) is 0 Å². The SMILES string of the molecule is C[C@H]1CC([Si](C)(C)C)=CC[C@H](Cl)[C@H](CO)O1. The molecule has 3 atom stereocenters. The van der Waals surface area contributed by atoms with Crippen molar-refractivity contribution in [1.82, 2.24) is 0 Å². The minimum Gasteiger partial charge on any atom is -0.394 e. The largest absolute Gasteiger partial charge is 0.394 e. The number of allylic oxidation sites excluding steroid dienone is 1. The first-order valence-electron chi connectivity index (χ1n) is 5.94. The molecule has 94 valence electrons. The second-order valence-electron chi connectivity index (χ2n) is 5.60. The Morgan fingerprint density at radius 2 is 2.12 bits per heavy atom. The van der Waals surface area contributed by atoms with Gasteiger partial charge in [-0.1, -0.05) is 30.9 Å². The van der Waals surface area contributed by atoms with Gasteiger partial charge in [-0.05, 0) is 19.8 Å². The fraction of sp³-hybridized carbons (Fsp3) is 0.833. The van der Waals surface area contributed by atoms with Crippen molar-refractivity contribution in [3.8, 4) is 0 Å². The van der Waals surface area contributed by atoms with Gasteiger partial charge in [-0.3, -0.25) is 0 Å². The molecule has 16 heavy (non-hydrogen) atoms. The summed E-state index contributed by atoms with van der Waals surface area (Å²) < 4.78 is 5.78. The Kier molecular flexibility index (Phi) is 5.04. The van der Waals surface area contributed by atoms with Crippen LogP contribution in [0, 0.1) is 0 Å². The van der Waals surface area contributed by atoms with Gasteiger partial charge >= 0.3 is 0 Å². The van der Waals surface area contributed by atoms with Gasteiger partial charge in [0.25, 0.3) is 0 Å². The summed E-state index contributed by atoms with van der Waals surface area (Å²) in [7, 11) is -1.25. The van der Waals surface area contributed by atoms with Gasteiger partial charge in [-0.15, -0.1) is 11.6 Å². The zero-order valence-electron chi connectivity index (χ0n) is 10.7. The highest BCUT2D eigenvalue weighted by atomic mass is 35.5. The van der Waals surface area contributed by atoms with E-state index < -0.39 is 8.07 Å². The third-order valence-electron chi connectivity index (χ3n) is 3.05. The number of ether oxygens (including phenoxy) is 1. The van der Waals surface area contributed by atoms with E-state index in [-0.39, 0.29) is 24.2 Å². The molecule has 0 saturated carbocycles. The number of hydrogen-bond acceptors (Lipinski definition) is 2. The molecule has 0 aromatic carbocycles. The minimum absolute atomic E-state index is 0.00856. The zero-order valence-corrected chi connectivity index (χ0v) is 12.4. The monoisotopic (exact) mass is 262 g/mol. The Morgan fingerprint density at radius 1 is 1.50 bits per heavy atom. The molecule has 0 aliphatic carbocycles. The van der Waals surface area contributed by atoms with Gasteiger partial charge in [0.05, 0.1) is 32.3 Å². The van der Waals surface area contributed by atoms with Crippen LogP contribution in [0.2, 0.25) is 19.6 Å². The van der Waals surface area contributed by atoms with Crippen LogP contribution in [0.1, 0.15) is 19.8 Å². The van der Waals surface area contributed by atoms with Crippen LogP contribution in [-0.2, 0) is 4.74 Å². The van der Waals surface area contributed by atoms with E-state index in [4.69, 9.17) is 16.3 Å². The lowest BCUT2D eigenvalue weighted by molar-refractivity contribution is -0.0329. The Hall–Kier alpha value is 0.167. The average molecular weight is 263 g/mol. The number of hydrogen-bond donors (Lipinski definition) is 1. The van der Waals surface area contributed by atoms with Gasteiger partial charge in [-0.25, -0.2) is 0 Å². The van der Waals surface area contributed by atoms with Crippen molar-refractivity contribution in [1.29, 1.82) is 0 Å². The fourth-order valence-electron chi connectivity index (χ4n) is 2.00. The lowest BCUT2D eigenvalue weighted by atomic mass is 10.1. The van der Waals surface area contributed by atoms with Gasteiger partial charge in [0.2, 0.25) is 0 Å². The van der Waals surface area contributed by atoms with Gasteiger partial charge in [0.15, 0.2) is 0 Å². The number of aliphatic hydroxyl groups is 1. The Morgan fingerprint density at radius 3 is 2.62 bits per heavy atom. The van der Waals surface area contributed by atoms with Crippen molar-refractivity contribution < 1.29 is 9.84 Å². The molecular weight excluding hydrogens is 240 g/mol. The van der Waals surface area contributed by atoms with E-state index in [9.17, 15) is 5.11 Å². The highest BCUT2D eigenvalue weighted by molar-refractivity contribution is 6.83. The molecule has 4 heteroatoms. The molecule has 0 aromatic heterocycles. The van der Waals surface area contributed by atoms with Crippen LogP contribution in [-0.4, -0.2) is 37.4 Å². The number of rotatable bonds is 2. The summed E-state index contributed by atoms with van der Waals surface area (Å²) in [6.07, 6.45) is 3.99. The molecule has 1 aliphatic heterocycles. The highest BCUT2D eigenvalue weighted by Gasteiger charge is 2.28.